The Labute approximate surface area is 204 Å². The minimum Gasteiger partial charge on any atom is -0.496 e. The Balaban J connectivity index is 1.61. The third kappa shape index (κ3) is 6.43. The van der Waals surface area contributed by atoms with Crippen molar-refractivity contribution in [1.29, 1.82) is 0 Å². The summed E-state index contributed by atoms with van der Waals surface area (Å²) in [7, 11) is -2.20. The summed E-state index contributed by atoms with van der Waals surface area (Å²) in [5.41, 5.74) is 3.52. The van der Waals surface area contributed by atoms with E-state index in [9.17, 15) is 13.2 Å². The molecular formula is C25H25N3O4S2. The van der Waals surface area contributed by atoms with Gasteiger partial charge in [-0.3, -0.25) is 14.8 Å². The van der Waals surface area contributed by atoms with Gasteiger partial charge in [-0.15, -0.1) is 0 Å². The Kier molecular flexibility index (Phi) is 8.04. The molecule has 9 heteroatoms. The van der Waals surface area contributed by atoms with Crippen LogP contribution in [0.25, 0.3) is 6.08 Å². The zero-order valence-corrected chi connectivity index (χ0v) is 20.6. The fourth-order valence-electron chi connectivity index (χ4n) is 3.17. The Morgan fingerprint density at radius 2 is 1.59 bits per heavy atom. The number of para-hydroxylation sites is 2. The third-order valence-corrected chi connectivity index (χ3v) is 6.50. The number of hydrogen-bond acceptors (Lipinski definition) is 5. The van der Waals surface area contributed by atoms with Crippen molar-refractivity contribution in [3.63, 3.8) is 0 Å². The lowest BCUT2D eigenvalue weighted by atomic mass is 10.1. The fraction of sp³-hybridized carbons (Fsp3) is 0.120. The van der Waals surface area contributed by atoms with Crippen LogP contribution in [0.5, 0.6) is 5.75 Å². The molecule has 3 N–H and O–H groups in total. The van der Waals surface area contributed by atoms with E-state index in [-0.39, 0.29) is 10.0 Å². The quantitative estimate of drug-likeness (QED) is 0.326. The lowest BCUT2D eigenvalue weighted by Gasteiger charge is -2.14. The summed E-state index contributed by atoms with van der Waals surface area (Å²) in [6.07, 6.45) is 2.97. The van der Waals surface area contributed by atoms with Crippen LogP contribution in [0.4, 0.5) is 11.4 Å². The van der Waals surface area contributed by atoms with E-state index >= 15 is 0 Å². The van der Waals surface area contributed by atoms with Gasteiger partial charge in [0.15, 0.2) is 5.11 Å². The van der Waals surface area contributed by atoms with Crippen molar-refractivity contribution in [2.75, 3.05) is 17.1 Å². The lowest BCUT2D eigenvalue weighted by molar-refractivity contribution is -0.115. The van der Waals surface area contributed by atoms with Crippen LogP contribution < -0.4 is 20.1 Å². The fourth-order valence-corrected chi connectivity index (χ4v) is 4.59. The smallest absolute Gasteiger partial charge is 0.261 e. The number of amides is 1. The molecule has 0 atom stereocenters. The van der Waals surface area contributed by atoms with Crippen molar-refractivity contribution in [2.24, 2.45) is 0 Å². The van der Waals surface area contributed by atoms with Crippen LogP contribution in [0, 0.1) is 13.8 Å². The van der Waals surface area contributed by atoms with Crippen molar-refractivity contribution in [3.05, 3.63) is 89.5 Å². The number of benzene rings is 3. The molecule has 7 nitrogen and oxygen atoms in total. The molecular weight excluding hydrogens is 470 g/mol. The summed E-state index contributed by atoms with van der Waals surface area (Å²) in [6.45, 7) is 3.69. The summed E-state index contributed by atoms with van der Waals surface area (Å²) < 4.78 is 33.5. The molecule has 0 aliphatic carbocycles. The highest BCUT2D eigenvalue weighted by Crippen LogP contribution is 2.24. The molecule has 0 aromatic heterocycles. The minimum atomic E-state index is -3.76. The summed E-state index contributed by atoms with van der Waals surface area (Å²) >= 11 is 5.18. The number of hydrogen-bond donors (Lipinski definition) is 3. The lowest BCUT2D eigenvalue weighted by Crippen LogP contribution is -2.32. The number of thiocarbonyl (C=S) groups is 1. The highest BCUT2D eigenvalue weighted by Gasteiger charge is 2.16. The van der Waals surface area contributed by atoms with Crippen molar-refractivity contribution in [2.45, 2.75) is 18.7 Å². The Morgan fingerprint density at radius 1 is 0.941 bits per heavy atom. The van der Waals surface area contributed by atoms with Gasteiger partial charge in [0.05, 0.1) is 17.7 Å². The first-order valence-corrected chi connectivity index (χ1v) is 12.2. The van der Waals surface area contributed by atoms with E-state index in [1.165, 1.54) is 18.2 Å². The van der Waals surface area contributed by atoms with Crippen LogP contribution in [0.1, 0.15) is 16.7 Å². The monoisotopic (exact) mass is 495 g/mol. The molecule has 0 unspecified atom stereocenters. The topological polar surface area (TPSA) is 96.5 Å². The Hall–Kier alpha value is -3.69. The average molecular weight is 496 g/mol. The maximum atomic E-state index is 12.8. The van der Waals surface area contributed by atoms with Gasteiger partial charge in [-0.1, -0.05) is 36.4 Å². The van der Waals surface area contributed by atoms with Crippen LogP contribution >= 0.6 is 12.2 Å². The van der Waals surface area contributed by atoms with E-state index in [2.05, 4.69) is 15.4 Å². The second-order valence-electron chi connectivity index (χ2n) is 7.42. The van der Waals surface area contributed by atoms with Gasteiger partial charge in [-0.2, -0.15) is 0 Å². The number of aryl methyl sites for hydroxylation is 2. The standard InChI is InChI=1S/C25H25N3O4S2/c1-17-7-6-8-18(2)24(17)28-34(30,31)21-14-12-20(13-15-21)26-25(33)27-23(29)16-11-19-9-4-5-10-22(19)32-3/h4-16,28H,1-3H3,(H2,26,27,29,33). The molecule has 3 aromatic rings. The van der Waals surface area contributed by atoms with Crippen molar-refractivity contribution in [1.82, 2.24) is 5.32 Å². The number of nitrogens with one attached hydrogen (secondary N) is 3. The van der Waals surface area contributed by atoms with Crippen LogP contribution in [-0.4, -0.2) is 26.5 Å². The highest BCUT2D eigenvalue weighted by atomic mass is 32.2. The average Bonchev–Trinajstić information content (AvgIpc) is 2.80. The van der Waals surface area contributed by atoms with E-state index in [1.807, 2.05) is 50.2 Å². The molecule has 3 aromatic carbocycles. The van der Waals surface area contributed by atoms with Crippen LogP contribution in [0.2, 0.25) is 0 Å². The second-order valence-corrected chi connectivity index (χ2v) is 9.51. The van der Waals surface area contributed by atoms with Crippen molar-refractivity contribution < 1.29 is 17.9 Å². The summed E-state index contributed by atoms with van der Waals surface area (Å²) in [5, 5.41) is 5.50. The largest absolute Gasteiger partial charge is 0.496 e. The molecule has 0 spiro atoms. The number of sulfonamides is 1. The molecule has 1 amide bonds. The van der Waals surface area contributed by atoms with Gasteiger partial charge in [0.25, 0.3) is 10.0 Å². The van der Waals surface area contributed by atoms with Gasteiger partial charge >= 0.3 is 0 Å². The molecule has 176 valence electrons. The summed E-state index contributed by atoms with van der Waals surface area (Å²) in [4.78, 5) is 12.3. The molecule has 0 aliphatic rings. The first-order chi connectivity index (χ1) is 16.2. The zero-order chi connectivity index (χ0) is 24.7. The number of anilines is 2. The van der Waals surface area contributed by atoms with E-state index < -0.39 is 15.9 Å². The van der Waals surface area contributed by atoms with Crippen LogP contribution in [0.15, 0.2) is 77.7 Å². The molecule has 34 heavy (non-hydrogen) atoms. The molecule has 3 rings (SSSR count). The summed E-state index contributed by atoms with van der Waals surface area (Å²) in [6, 6.07) is 18.9. The predicted molar refractivity (Wildman–Crippen MR) is 140 cm³/mol. The highest BCUT2D eigenvalue weighted by molar-refractivity contribution is 7.92. The maximum absolute atomic E-state index is 12.8. The van der Waals surface area contributed by atoms with Gasteiger partial charge in [-0.25, -0.2) is 8.42 Å². The zero-order valence-electron chi connectivity index (χ0n) is 19.0. The van der Waals surface area contributed by atoms with Gasteiger partial charge in [0.1, 0.15) is 5.75 Å². The number of methoxy groups -OCH3 is 1. The van der Waals surface area contributed by atoms with Crippen molar-refractivity contribution >= 4 is 50.7 Å². The summed E-state index contributed by atoms with van der Waals surface area (Å²) in [5.74, 6) is 0.231. The molecule has 0 bridgehead atoms. The van der Waals surface area contributed by atoms with Gasteiger partial charge < -0.3 is 10.1 Å². The second kappa shape index (κ2) is 11.0. The van der Waals surface area contributed by atoms with Gasteiger partial charge in [0, 0.05) is 17.3 Å². The first-order valence-electron chi connectivity index (χ1n) is 10.3. The molecule has 0 aliphatic heterocycles. The van der Waals surface area contributed by atoms with Crippen LogP contribution in [0.3, 0.4) is 0 Å². The normalized spacial score (nSPS) is 11.1. The Morgan fingerprint density at radius 3 is 2.24 bits per heavy atom. The van der Waals surface area contributed by atoms with Crippen LogP contribution in [-0.2, 0) is 14.8 Å². The predicted octanol–water partition coefficient (Wildman–Crippen LogP) is 4.64. The SMILES string of the molecule is COc1ccccc1C=CC(=O)NC(=S)Nc1ccc(S(=O)(=O)Nc2c(C)cccc2C)cc1. The molecule has 0 radical (unpaired) electrons. The van der Waals surface area contributed by atoms with Gasteiger partial charge in [0.2, 0.25) is 5.91 Å². The molecule has 0 saturated carbocycles. The van der Waals surface area contributed by atoms with Crippen molar-refractivity contribution in [3.8, 4) is 5.75 Å². The number of rotatable bonds is 7. The number of carbonyl (C=O) groups is 1. The van der Waals surface area contributed by atoms with Gasteiger partial charge in [-0.05, 0) is 73.6 Å². The molecule has 0 heterocycles. The molecule has 0 saturated heterocycles. The maximum Gasteiger partial charge on any atom is 0.261 e. The Bertz CT molecular complexity index is 1310. The van der Waals surface area contributed by atoms with E-state index in [0.29, 0.717) is 17.1 Å². The molecule has 0 fully saturated rings. The number of ether oxygens (including phenoxy) is 1. The minimum absolute atomic E-state index is 0.0824. The third-order valence-electron chi connectivity index (χ3n) is 4.93. The van der Waals surface area contributed by atoms with E-state index in [0.717, 1.165) is 16.7 Å². The van der Waals surface area contributed by atoms with E-state index in [1.54, 1.807) is 31.4 Å². The first kappa shape index (κ1) is 24.9. The number of carbonyl (C=O) groups excluding carboxylic acids is 1. The van der Waals surface area contributed by atoms with E-state index in [4.69, 9.17) is 17.0 Å².